The first-order valence-electron chi connectivity index (χ1n) is 7.36. The van der Waals surface area contributed by atoms with Crippen molar-refractivity contribution in [2.45, 2.75) is 33.6 Å². The van der Waals surface area contributed by atoms with Crippen LogP contribution in [-0.2, 0) is 13.5 Å². The third-order valence-electron chi connectivity index (χ3n) is 3.70. The quantitative estimate of drug-likeness (QED) is 0.632. The van der Waals surface area contributed by atoms with Crippen LogP contribution in [0.4, 0.5) is 0 Å². The van der Waals surface area contributed by atoms with E-state index in [1.54, 1.807) is 11.6 Å². The average molecular weight is 302 g/mol. The molecule has 0 saturated carbocycles. The molecule has 1 amide bonds. The molecule has 2 aromatic rings. The number of ketones is 1. The second-order valence-corrected chi connectivity index (χ2v) is 5.56. The number of hydrogen-bond donors (Lipinski definition) is 2. The van der Waals surface area contributed by atoms with E-state index in [0.717, 1.165) is 29.7 Å². The molecule has 2 rings (SSSR count). The largest absolute Gasteiger partial charge is 0.355 e. The number of amides is 1. The molecule has 2 aromatic heterocycles. The minimum absolute atomic E-state index is 0.0590. The van der Waals surface area contributed by atoms with E-state index < -0.39 is 0 Å². The van der Waals surface area contributed by atoms with Crippen molar-refractivity contribution in [3.63, 3.8) is 0 Å². The van der Waals surface area contributed by atoms with Crippen molar-refractivity contribution in [2.75, 3.05) is 6.54 Å². The Morgan fingerprint density at radius 3 is 2.64 bits per heavy atom. The molecular weight excluding hydrogens is 280 g/mol. The second-order valence-electron chi connectivity index (χ2n) is 5.56. The van der Waals surface area contributed by atoms with Crippen LogP contribution in [0.2, 0.25) is 0 Å². The summed E-state index contributed by atoms with van der Waals surface area (Å²) in [6.07, 6.45) is 5.53. The van der Waals surface area contributed by atoms with Crippen molar-refractivity contribution >= 4 is 11.7 Å². The van der Waals surface area contributed by atoms with E-state index in [1.807, 2.05) is 26.4 Å². The third kappa shape index (κ3) is 3.44. The van der Waals surface area contributed by atoms with Gasteiger partial charge in [0.05, 0.1) is 17.5 Å². The first kappa shape index (κ1) is 16.0. The topological polar surface area (TPSA) is 79.8 Å². The van der Waals surface area contributed by atoms with E-state index in [-0.39, 0.29) is 11.7 Å². The van der Waals surface area contributed by atoms with Gasteiger partial charge in [0, 0.05) is 32.4 Å². The predicted octanol–water partition coefficient (Wildman–Crippen LogP) is 1.93. The molecular formula is C16H22N4O2. The number of H-pyrrole nitrogens is 1. The van der Waals surface area contributed by atoms with Crippen molar-refractivity contribution in [3.05, 3.63) is 40.5 Å². The average Bonchev–Trinajstić information content (AvgIpc) is 2.98. The molecule has 0 spiro atoms. The zero-order valence-electron chi connectivity index (χ0n) is 13.5. The smallest absolute Gasteiger partial charge is 0.253 e. The molecule has 0 aromatic carbocycles. The van der Waals surface area contributed by atoms with Crippen molar-refractivity contribution in [2.24, 2.45) is 7.05 Å². The number of nitrogens with one attached hydrogen (secondary N) is 2. The molecule has 6 heteroatoms. The van der Waals surface area contributed by atoms with Crippen LogP contribution in [0, 0.1) is 13.8 Å². The number of carbonyl (C=O) groups is 2. The summed E-state index contributed by atoms with van der Waals surface area (Å²) in [5.74, 6) is -0.193. The summed E-state index contributed by atoms with van der Waals surface area (Å²) in [7, 11) is 1.88. The molecule has 118 valence electrons. The summed E-state index contributed by atoms with van der Waals surface area (Å²) in [6, 6.07) is 0. The van der Waals surface area contributed by atoms with Gasteiger partial charge in [-0.3, -0.25) is 14.3 Å². The predicted molar refractivity (Wildman–Crippen MR) is 84.1 cm³/mol. The van der Waals surface area contributed by atoms with Gasteiger partial charge in [-0.2, -0.15) is 5.10 Å². The normalized spacial score (nSPS) is 10.7. The molecule has 0 radical (unpaired) electrons. The van der Waals surface area contributed by atoms with Crippen molar-refractivity contribution in [1.82, 2.24) is 20.1 Å². The zero-order chi connectivity index (χ0) is 16.3. The number of aromatic amines is 1. The van der Waals surface area contributed by atoms with Gasteiger partial charge in [0.2, 0.25) is 0 Å². The molecule has 0 aliphatic rings. The van der Waals surface area contributed by atoms with E-state index in [4.69, 9.17) is 0 Å². The summed E-state index contributed by atoms with van der Waals surface area (Å²) in [6.45, 7) is 5.69. The number of rotatable bonds is 6. The summed E-state index contributed by atoms with van der Waals surface area (Å²) in [5.41, 5.74) is 3.69. The van der Waals surface area contributed by atoms with Gasteiger partial charge < -0.3 is 10.3 Å². The lowest BCUT2D eigenvalue weighted by Gasteiger charge is -2.05. The molecule has 0 aliphatic carbocycles. The maximum Gasteiger partial charge on any atom is 0.253 e. The monoisotopic (exact) mass is 302 g/mol. The van der Waals surface area contributed by atoms with E-state index in [1.165, 1.54) is 6.92 Å². The minimum atomic E-state index is -0.134. The maximum absolute atomic E-state index is 12.3. The molecule has 2 N–H and O–H groups in total. The Balaban J connectivity index is 1.91. The highest BCUT2D eigenvalue weighted by atomic mass is 16.1. The highest BCUT2D eigenvalue weighted by molar-refractivity contribution is 6.02. The van der Waals surface area contributed by atoms with Crippen LogP contribution in [0.1, 0.15) is 51.0 Å². The van der Waals surface area contributed by atoms with Gasteiger partial charge >= 0.3 is 0 Å². The summed E-state index contributed by atoms with van der Waals surface area (Å²) >= 11 is 0. The number of Topliss-reactive ketones (excluding diaryl/α,β-unsaturated/α-hetero) is 1. The van der Waals surface area contributed by atoms with Crippen molar-refractivity contribution in [1.29, 1.82) is 0 Å². The Labute approximate surface area is 129 Å². The van der Waals surface area contributed by atoms with E-state index >= 15 is 0 Å². The number of nitrogens with zero attached hydrogens (tertiary/aromatic N) is 2. The van der Waals surface area contributed by atoms with Crippen LogP contribution < -0.4 is 5.32 Å². The van der Waals surface area contributed by atoms with Crippen LogP contribution in [0.25, 0.3) is 0 Å². The van der Waals surface area contributed by atoms with Gasteiger partial charge in [0.25, 0.3) is 5.91 Å². The van der Waals surface area contributed by atoms with Gasteiger partial charge in [-0.05, 0) is 37.8 Å². The Kier molecular flexibility index (Phi) is 4.80. The second kappa shape index (κ2) is 6.60. The van der Waals surface area contributed by atoms with Crippen LogP contribution in [0.5, 0.6) is 0 Å². The van der Waals surface area contributed by atoms with Crippen LogP contribution >= 0.6 is 0 Å². The molecule has 0 saturated heterocycles. The minimum Gasteiger partial charge on any atom is -0.355 e. The molecule has 0 fully saturated rings. The lowest BCUT2D eigenvalue weighted by molar-refractivity contribution is 0.0952. The van der Waals surface area contributed by atoms with Crippen LogP contribution in [0.15, 0.2) is 12.4 Å². The lowest BCUT2D eigenvalue weighted by Crippen LogP contribution is -2.25. The fourth-order valence-electron chi connectivity index (χ4n) is 2.63. The SMILES string of the molecule is CC(=O)c1[nH]c(C)c(C(=O)NCCCc2cnn(C)c2)c1C. The maximum atomic E-state index is 12.3. The Hall–Kier alpha value is -2.37. The Bertz CT molecular complexity index is 697. The zero-order valence-corrected chi connectivity index (χ0v) is 13.5. The highest BCUT2D eigenvalue weighted by Gasteiger charge is 2.19. The Morgan fingerprint density at radius 1 is 1.36 bits per heavy atom. The highest BCUT2D eigenvalue weighted by Crippen LogP contribution is 2.18. The first-order chi connectivity index (χ1) is 10.4. The molecule has 22 heavy (non-hydrogen) atoms. The molecule has 0 atom stereocenters. The number of aryl methyl sites for hydroxylation is 3. The van der Waals surface area contributed by atoms with Crippen molar-refractivity contribution < 1.29 is 9.59 Å². The molecule has 0 aliphatic heterocycles. The molecule has 0 unspecified atom stereocenters. The summed E-state index contributed by atoms with van der Waals surface area (Å²) in [4.78, 5) is 26.8. The molecule has 0 bridgehead atoms. The van der Waals surface area contributed by atoms with Crippen LogP contribution in [0.3, 0.4) is 0 Å². The van der Waals surface area contributed by atoms with Gasteiger partial charge in [0.15, 0.2) is 5.78 Å². The molecule has 2 heterocycles. The lowest BCUT2D eigenvalue weighted by atomic mass is 10.1. The number of carbonyl (C=O) groups excluding carboxylic acids is 2. The van der Waals surface area contributed by atoms with Gasteiger partial charge in [0.1, 0.15) is 0 Å². The number of hydrogen-bond acceptors (Lipinski definition) is 3. The van der Waals surface area contributed by atoms with Gasteiger partial charge in [-0.15, -0.1) is 0 Å². The third-order valence-corrected chi connectivity index (χ3v) is 3.70. The Morgan fingerprint density at radius 2 is 2.09 bits per heavy atom. The fourth-order valence-corrected chi connectivity index (χ4v) is 2.63. The van der Waals surface area contributed by atoms with E-state index in [0.29, 0.717) is 17.8 Å². The van der Waals surface area contributed by atoms with Gasteiger partial charge in [-0.25, -0.2) is 0 Å². The summed E-state index contributed by atoms with van der Waals surface area (Å²) in [5, 5.41) is 7.03. The molecule has 6 nitrogen and oxygen atoms in total. The number of aromatic nitrogens is 3. The first-order valence-corrected chi connectivity index (χ1v) is 7.36. The fraction of sp³-hybridized carbons (Fsp3) is 0.438. The van der Waals surface area contributed by atoms with Crippen molar-refractivity contribution in [3.8, 4) is 0 Å². The van der Waals surface area contributed by atoms with E-state index in [2.05, 4.69) is 15.4 Å². The van der Waals surface area contributed by atoms with Crippen LogP contribution in [-0.4, -0.2) is 33.0 Å². The standard InChI is InChI=1S/C16H22N4O2/c1-10-14(11(2)19-15(10)12(3)21)16(22)17-7-5-6-13-8-18-20(4)9-13/h8-9,19H,5-7H2,1-4H3,(H,17,22). The van der Waals surface area contributed by atoms with E-state index in [9.17, 15) is 9.59 Å². The van der Waals surface area contributed by atoms with Gasteiger partial charge in [-0.1, -0.05) is 0 Å². The summed E-state index contributed by atoms with van der Waals surface area (Å²) < 4.78 is 1.77.